The Morgan fingerprint density at radius 1 is 1.13 bits per heavy atom. The van der Waals surface area contributed by atoms with Gasteiger partial charge in [0, 0.05) is 39.0 Å². The molecule has 7 heteroatoms. The van der Waals surface area contributed by atoms with Crippen LogP contribution in [-0.4, -0.2) is 28.4 Å². The minimum atomic E-state index is -0.983. The van der Waals surface area contributed by atoms with Gasteiger partial charge in [0.1, 0.15) is 5.82 Å². The molecule has 0 aliphatic heterocycles. The largest absolute Gasteiger partial charge is 0.478 e. The first-order valence-electron chi connectivity index (χ1n) is 10.0. The van der Waals surface area contributed by atoms with Gasteiger partial charge in [-0.1, -0.05) is 29.8 Å². The lowest BCUT2D eigenvalue weighted by atomic mass is 10.1. The highest BCUT2D eigenvalue weighted by Crippen LogP contribution is 2.27. The summed E-state index contributed by atoms with van der Waals surface area (Å²) >= 11 is 7.90. The van der Waals surface area contributed by atoms with Gasteiger partial charge in [0.15, 0.2) is 0 Å². The van der Waals surface area contributed by atoms with Crippen LogP contribution in [0.15, 0.2) is 47.4 Å². The maximum atomic E-state index is 14.3. The fourth-order valence-electron chi connectivity index (χ4n) is 3.77. The predicted molar refractivity (Wildman–Crippen MR) is 125 cm³/mol. The van der Waals surface area contributed by atoms with Crippen LogP contribution in [-0.2, 0) is 19.5 Å². The van der Waals surface area contributed by atoms with E-state index in [1.807, 2.05) is 17.7 Å². The second kappa shape index (κ2) is 10.4. The highest BCUT2D eigenvalue weighted by atomic mass is 35.5. The molecule has 0 radical (unpaired) electrons. The van der Waals surface area contributed by atoms with Crippen LogP contribution in [0.3, 0.4) is 0 Å². The molecular formula is C24H26ClFN2O2S. The Balaban J connectivity index is 1.76. The number of nitrogens with one attached hydrogen (secondary N) is 1. The molecular weight excluding hydrogens is 435 g/mol. The molecule has 0 atom stereocenters. The quantitative estimate of drug-likeness (QED) is 0.318. The van der Waals surface area contributed by atoms with Crippen LogP contribution in [0.1, 0.15) is 38.4 Å². The van der Waals surface area contributed by atoms with Crippen molar-refractivity contribution in [1.82, 2.24) is 9.88 Å². The zero-order valence-corrected chi connectivity index (χ0v) is 19.4. The maximum absolute atomic E-state index is 14.3. The summed E-state index contributed by atoms with van der Waals surface area (Å²) in [7, 11) is 0. The van der Waals surface area contributed by atoms with Gasteiger partial charge in [0.2, 0.25) is 0 Å². The highest BCUT2D eigenvalue weighted by Gasteiger charge is 2.23. The van der Waals surface area contributed by atoms with E-state index in [9.17, 15) is 14.3 Å². The Morgan fingerprint density at radius 3 is 2.45 bits per heavy atom. The summed E-state index contributed by atoms with van der Waals surface area (Å²) in [5, 5.41) is 13.5. The molecule has 2 N–H and O–H groups in total. The number of thioether (sulfide) groups is 1. The average Bonchev–Trinajstić information content (AvgIpc) is 2.98. The summed E-state index contributed by atoms with van der Waals surface area (Å²) in [6, 6.07) is 13.0. The summed E-state index contributed by atoms with van der Waals surface area (Å²) in [6.07, 6.45) is 2.90. The third-order valence-corrected chi connectivity index (χ3v) is 6.65. The van der Waals surface area contributed by atoms with Crippen LogP contribution in [0.5, 0.6) is 0 Å². The van der Waals surface area contributed by atoms with Crippen molar-refractivity contribution in [3.05, 3.63) is 86.9 Å². The van der Waals surface area contributed by atoms with Crippen molar-refractivity contribution in [2.75, 3.05) is 12.8 Å². The van der Waals surface area contributed by atoms with Gasteiger partial charge in [0.25, 0.3) is 0 Å². The molecule has 1 aromatic heterocycles. The van der Waals surface area contributed by atoms with Gasteiger partial charge in [-0.15, -0.1) is 11.8 Å². The number of carboxylic acid groups (broad SMARTS) is 1. The Bertz CT molecular complexity index is 1060. The van der Waals surface area contributed by atoms with E-state index in [0.717, 1.165) is 24.2 Å². The van der Waals surface area contributed by atoms with E-state index in [-0.39, 0.29) is 12.1 Å². The molecule has 164 valence electrons. The molecule has 1 heterocycles. The number of aromatic carboxylic acids is 1. The molecule has 0 aliphatic rings. The third kappa shape index (κ3) is 5.32. The summed E-state index contributed by atoms with van der Waals surface area (Å²) in [6.45, 7) is 4.95. The van der Waals surface area contributed by atoms with E-state index in [2.05, 4.69) is 29.6 Å². The van der Waals surface area contributed by atoms with Gasteiger partial charge in [-0.05, 0) is 62.9 Å². The molecule has 31 heavy (non-hydrogen) atoms. The van der Waals surface area contributed by atoms with Gasteiger partial charge >= 0.3 is 5.97 Å². The topological polar surface area (TPSA) is 54.3 Å². The number of hydrogen-bond donors (Lipinski definition) is 2. The van der Waals surface area contributed by atoms with Crippen molar-refractivity contribution in [3.8, 4) is 0 Å². The van der Waals surface area contributed by atoms with Crippen LogP contribution in [0.2, 0.25) is 5.02 Å². The van der Waals surface area contributed by atoms with Crippen LogP contribution in [0, 0.1) is 19.7 Å². The van der Waals surface area contributed by atoms with E-state index in [4.69, 9.17) is 11.6 Å². The molecule has 0 fully saturated rings. The highest BCUT2D eigenvalue weighted by molar-refractivity contribution is 7.98. The van der Waals surface area contributed by atoms with E-state index in [0.29, 0.717) is 22.8 Å². The third-order valence-electron chi connectivity index (χ3n) is 5.55. The van der Waals surface area contributed by atoms with Gasteiger partial charge in [-0.3, -0.25) is 0 Å². The van der Waals surface area contributed by atoms with Gasteiger partial charge in [0.05, 0.1) is 12.1 Å². The van der Waals surface area contributed by atoms with E-state index in [1.54, 1.807) is 30.8 Å². The molecule has 0 saturated carbocycles. The summed E-state index contributed by atoms with van der Waals surface area (Å²) < 4.78 is 16.1. The van der Waals surface area contributed by atoms with E-state index in [1.165, 1.54) is 16.5 Å². The zero-order valence-electron chi connectivity index (χ0n) is 17.8. The maximum Gasteiger partial charge on any atom is 0.337 e. The SMILES string of the molecule is CSc1ccc(CCNCc2c(C(=O)O)c(C)n(Cc3c(F)cccc3Cl)c2C)cc1. The molecule has 0 saturated heterocycles. The number of rotatable bonds is 9. The Kier molecular flexibility index (Phi) is 7.81. The molecule has 0 amide bonds. The van der Waals surface area contributed by atoms with Gasteiger partial charge < -0.3 is 15.0 Å². The number of hydrogen-bond acceptors (Lipinski definition) is 3. The van der Waals surface area contributed by atoms with Crippen LogP contribution < -0.4 is 5.32 Å². The van der Waals surface area contributed by atoms with E-state index < -0.39 is 11.8 Å². The zero-order chi connectivity index (χ0) is 22.5. The second-order valence-electron chi connectivity index (χ2n) is 7.39. The van der Waals surface area contributed by atoms with Gasteiger partial charge in [-0.25, -0.2) is 9.18 Å². The number of benzene rings is 2. The molecule has 3 rings (SSSR count). The molecule has 2 aromatic carbocycles. The number of halogens is 2. The lowest BCUT2D eigenvalue weighted by Gasteiger charge is -2.12. The summed E-state index contributed by atoms with van der Waals surface area (Å²) in [5.74, 6) is -1.38. The lowest BCUT2D eigenvalue weighted by molar-refractivity contribution is 0.0694. The normalized spacial score (nSPS) is 11.1. The standard InChI is InChI=1S/C24H26ClFN2O2S/c1-15-19(13-27-12-11-17-7-9-18(31-3)10-8-17)23(24(29)30)16(2)28(15)14-20-21(25)5-4-6-22(20)26/h4-10,27H,11-14H2,1-3H3,(H,29,30). The first-order chi connectivity index (χ1) is 14.8. The van der Waals surface area contributed by atoms with Crippen LogP contribution >= 0.6 is 23.4 Å². The summed E-state index contributed by atoms with van der Waals surface area (Å²) in [4.78, 5) is 13.2. The number of carboxylic acids is 1. The average molecular weight is 461 g/mol. The van der Waals surface area contributed by atoms with Crippen molar-refractivity contribution >= 4 is 29.3 Å². The fourth-order valence-corrected chi connectivity index (χ4v) is 4.40. The summed E-state index contributed by atoms with van der Waals surface area (Å²) in [5.41, 5.74) is 3.95. The van der Waals surface area contributed by atoms with Gasteiger partial charge in [-0.2, -0.15) is 0 Å². The molecule has 0 unspecified atom stereocenters. The van der Waals surface area contributed by atoms with Crippen molar-refractivity contribution in [3.63, 3.8) is 0 Å². The minimum Gasteiger partial charge on any atom is -0.478 e. The van der Waals surface area contributed by atoms with Crippen molar-refractivity contribution in [1.29, 1.82) is 0 Å². The Labute approximate surface area is 191 Å². The molecule has 0 aliphatic carbocycles. The van der Waals surface area contributed by atoms with Crippen LogP contribution in [0.25, 0.3) is 0 Å². The minimum absolute atomic E-state index is 0.186. The van der Waals surface area contributed by atoms with Crippen LogP contribution in [0.4, 0.5) is 4.39 Å². The number of nitrogens with zero attached hydrogens (tertiary/aromatic N) is 1. The second-order valence-corrected chi connectivity index (χ2v) is 8.68. The Hall–Kier alpha value is -2.28. The molecule has 0 spiro atoms. The number of aromatic nitrogens is 1. The number of carbonyl (C=O) groups is 1. The first-order valence-corrected chi connectivity index (χ1v) is 11.6. The van der Waals surface area contributed by atoms with Crippen molar-refractivity contribution in [2.45, 2.75) is 38.3 Å². The monoisotopic (exact) mass is 460 g/mol. The molecule has 3 aromatic rings. The van der Waals surface area contributed by atoms with Crippen molar-refractivity contribution < 1.29 is 14.3 Å². The smallest absolute Gasteiger partial charge is 0.337 e. The lowest BCUT2D eigenvalue weighted by Crippen LogP contribution is -2.18. The fraction of sp³-hybridized carbons (Fsp3) is 0.292. The van der Waals surface area contributed by atoms with Crippen molar-refractivity contribution in [2.24, 2.45) is 0 Å². The molecule has 4 nitrogen and oxygen atoms in total. The van der Waals surface area contributed by atoms with E-state index >= 15 is 0 Å². The molecule has 0 bridgehead atoms. The predicted octanol–water partition coefficient (Wildman–Crippen LogP) is 5.70. The first kappa shape index (κ1) is 23.4. The Morgan fingerprint density at radius 2 is 1.84 bits per heavy atom.